The van der Waals surface area contributed by atoms with Gasteiger partial charge in [0.25, 0.3) is 5.91 Å². The Labute approximate surface area is 204 Å². The molecule has 0 unspecified atom stereocenters. The number of anilines is 1. The highest BCUT2D eigenvalue weighted by atomic mass is 16.3. The molecule has 0 aliphatic heterocycles. The zero-order chi connectivity index (χ0) is 26.3. The molecular weight excluding hydrogens is 470 g/mol. The number of nitrogen functional groups attached to an aromatic ring is 1. The summed E-state index contributed by atoms with van der Waals surface area (Å²) in [4.78, 5) is 40.3. The molecule has 1 fully saturated rings. The van der Waals surface area contributed by atoms with Crippen molar-refractivity contribution in [1.29, 1.82) is 0 Å². The van der Waals surface area contributed by atoms with E-state index < -0.39 is 63.8 Å². The fourth-order valence-corrected chi connectivity index (χ4v) is 5.97. The van der Waals surface area contributed by atoms with Gasteiger partial charge in [-0.3, -0.25) is 19.3 Å². The van der Waals surface area contributed by atoms with Gasteiger partial charge in [-0.2, -0.15) is 0 Å². The molecule has 188 valence electrons. The Balaban J connectivity index is 1.73. The number of Topliss-reactive ketones (excluding diaryl/α,β-unsaturated/α-hetero) is 2. The summed E-state index contributed by atoms with van der Waals surface area (Å²) in [5.41, 5.74) is 9.17. The van der Waals surface area contributed by atoms with E-state index in [0.717, 1.165) is 0 Å². The summed E-state index contributed by atoms with van der Waals surface area (Å²) in [6.45, 7) is 0. The predicted molar refractivity (Wildman–Crippen MR) is 126 cm³/mol. The van der Waals surface area contributed by atoms with E-state index in [-0.39, 0.29) is 29.7 Å². The Morgan fingerprint density at radius 3 is 2.50 bits per heavy atom. The van der Waals surface area contributed by atoms with Crippen molar-refractivity contribution in [2.45, 2.75) is 24.5 Å². The molecule has 0 spiro atoms. The molecule has 5 rings (SSSR count). The highest BCUT2D eigenvalue weighted by Crippen LogP contribution is 2.54. The lowest BCUT2D eigenvalue weighted by Crippen LogP contribution is -2.65. The Kier molecular flexibility index (Phi) is 5.06. The highest BCUT2D eigenvalue weighted by Gasteiger charge is 2.64. The monoisotopic (exact) mass is 495 g/mol. The maximum absolute atomic E-state index is 13.8. The largest absolute Gasteiger partial charge is 0.508 e. The number of nitrogens with two attached hydrogens (primary N) is 2. The van der Waals surface area contributed by atoms with Crippen molar-refractivity contribution in [3.05, 3.63) is 52.7 Å². The van der Waals surface area contributed by atoms with Crippen LogP contribution in [0.1, 0.15) is 17.5 Å². The van der Waals surface area contributed by atoms with Gasteiger partial charge in [0, 0.05) is 22.6 Å². The standard InChI is InChI=1S/C25H25N3O8/c1-28(2)18-13-7-11-5-10-6-12(9-3-4-36-8-9)17(26)20(30)14(10)19(29)15(11)22(32)25(13,35)23(33)16(21(18)31)24(27)34/h3-4,6,8,11,13,18,29-30,33,35H,5,7,26H2,1-2H3,(H2,27,34)/t11-,13-,18-,25-/m0/s1. The fraction of sp³-hybridized carbons (Fsp3) is 0.320. The molecule has 0 saturated heterocycles. The molecule has 0 radical (unpaired) electrons. The first-order chi connectivity index (χ1) is 16.9. The lowest BCUT2D eigenvalue weighted by atomic mass is 9.57. The molecule has 1 aromatic carbocycles. The van der Waals surface area contributed by atoms with Crippen molar-refractivity contribution >= 4 is 28.9 Å². The second-order valence-corrected chi connectivity index (χ2v) is 9.69. The molecule has 4 atom stereocenters. The number of aliphatic hydroxyl groups is 3. The molecule has 36 heavy (non-hydrogen) atoms. The van der Waals surface area contributed by atoms with E-state index in [0.29, 0.717) is 16.7 Å². The van der Waals surface area contributed by atoms with Crippen LogP contribution >= 0.6 is 0 Å². The third kappa shape index (κ3) is 2.90. The van der Waals surface area contributed by atoms with Crippen molar-refractivity contribution < 1.29 is 39.2 Å². The summed E-state index contributed by atoms with van der Waals surface area (Å²) in [6.07, 6.45) is 3.08. The topological polar surface area (TPSA) is 201 Å². The molecule has 2 aromatic rings. The van der Waals surface area contributed by atoms with Crippen molar-refractivity contribution in [1.82, 2.24) is 4.90 Å². The zero-order valence-electron chi connectivity index (χ0n) is 19.5. The van der Waals surface area contributed by atoms with E-state index >= 15 is 0 Å². The van der Waals surface area contributed by atoms with Crippen LogP contribution in [0.3, 0.4) is 0 Å². The van der Waals surface area contributed by atoms with Gasteiger partial charge in [-0.15, -0.1) is 0 Å². The summed E-state index contributed by atoms with van der Waals surface area (Å²) in [5.74, 6) is -7.10. The third-order valence-corrected chi connectivity index (χ3v) is 7.58. The van der Waals surface area contributed by atoms with Gasteiger partial charge in [0.2, 0.25) is 5.78 Å². The molecule has 8 N–H and O–H groups in total. The van der Waals surface area contributed by atoms with E-state index in [9.17, 15) is 34.8 Å². The minimum absolute atomic E-state index is 0.0118. The van der Waals surface area contributed by atoms with Crippen LogP contribution in [-0.2, 0) is 20.8 Å². The number of amides is 1. The van der Waals surface area contributed by atoms with E-state index in [1.165, 1.54) is 17.4 Å². The number of rotatable bonds is 3. The zero-order valence-corrected chi connectivity index (χ0v) is 19.5. The number of carbonyl (C=O) groups is 3. The van der Waals surface area contributed by atoms with Gasteiger partial charge in [0.05, 0.1) is 29.8 Å². The van der Waals surface area contributed by atoms with Crippen LogP contribution in [-0.4, -0.2) is 68.5 Å². The van der Waals surface area contributed by atoms with Gasteiger partial charge in [0.15, 0.2) is 11.4 Å². The maximum atomic E-state index is 13.8. The van der Waals surface area contributed by atoms with E-state index in [4.69, 9.17) is 15.9 Å². The molecular formula is C25H25N3O8. The SMILES string of the molecule is CN(C)[C@@H]1C(=O)C(C(N)=O)=C(O)[C@@]2(O)C(=O)C3=C(O)c4c(cc(-c5ccoc5)c(N)c4O)C[C@H]3C[C@@H]12. The van der Waals surface area contributed by atoms with E-state index in [1.54, 1.807) is 26.2 Å². The number of furan rings is 1. The number of primary amides is 1. The van der Waals surface area contributed by atoms with Gasteiger partial charge in [-0.25, -0.2) is 0 Å². The number of carbonyl (C=O) groups excluding carboxylic acids is 3. The van der Waals surface area contributed by atoms with Gasteiger partial charge < -0.3 is 36.3 Å². The molecule has 11 heteroatoms. The van der Waals surface area contributed by atoms with Crippen LogP contribution in [0.4, 0.5) is 5.69 Å². The van der Waals surface area contributed by atoms with Crippen molar-refractivity contribution in [2.75, 3.05) is 19.8 Å². The number of phenols is 1. The third-order valence-electron chi connectivity index (χ3n) is 7.58. The van der Waals surface area contributed by atoms with Crippen LogP contribution in [0.5, 0.6) is 5.75 Å². The summed E-state index contributed by atoms with van der Waals surface area (Å²) < 4.78 is 5.11. The van der Waals surface area contributed by atoms with Crippen LogP contribution in [0.15, 0.2) is 46.0 Å². The van der Waals surface area contributed by atoms with Crippen molar-refractivity contribution in [3.63, 3.8) is 0 Å². The summed E-state index contributed by atoms with van der Waals surface area (Å²) >= 11 is 0. The van der Waals surface area contributed by atoms with Crippen LogP contribution in [0.25, 0.3) is 16.9 Å². The summed E-state index contributed by atoms with van der Waals surface area (Å²) in [6, 6.07) is 2.21. The molecule has 1 saturated carbocycles. The van der Waals surface area contributed by atoms with Crippen molar-refractivity contribution in [2.24, 2.45) is 17.6 Å². The van der Waals surface area contributed by atoms with E-state index in [2.05, 4.69) is 0 Å². The Bertz CT molecular complexity index is 1400. The first kappa shape index (κ1) is 23.6. The van der Waals surface area contributed by atoms with Crippen LogP contribution in [0, 0.1) is 11.8 Å². The number of hydrogen-bond acceptors (Lipinski definition) is 10. The second kappa shape index (κ2) is 7.70. The summed E-state index contributed by atoms with van der Waals surface area (Å²) in [5, 5.41) is 44.5. The average Bonchev–Trinajstić information content (AvgIpc) is 3.33. The van der Waals surface area contributed by atoms with Gasteiger partial charge >= 0.3 is 0 Å². The fourth-order valence-electron chi connectivity index (χ4n) is 5.97. The number of nitrogens with zero attached hydrogens (tertiary/aromatic N) is 1. The first-order valence-electron chi connectivity index (χ1n) is 11.2. The Hall–Kier alpha value is -4.09. The predicted octanol–water partition coefficient (Wildman–Crippen LogP) is 0.806. The molecule has 1 aromatic heterocycles. The molecule has 11 nitrogen and oxygen atoms in total. The number of ketones is 2. The van der Waals surface area contributed by atoms with Crippen LogP contribution < -0.4 is 11.5 Å². The van der Waals surface area contributed by atoms with Crippen LogP contribution in [0.2, 0.25) is 0 Å². The normalized spacial score (nSPS) is 27.7. The second-order valence-electron chi connectivity index (χ2n) is 9.69. The van der Waals surface area contributed by atoms with Gasteiger partial charge in [0.1, 0.15) is 22.8 Å². The average molecular weight is 495 g/mol. The molecule has 1 heterocycles. The number of likely N-dealkylation sites (N-methyl/N-ethyl adjacent to an activating group) is 1. The quantitative estimate of drug-likeness (QED) is 0.201. The Morgan fingerprint density at radius 1 is 1.22 bits per heavy atom. The number of benzene rings is 1. The van der Waals surface area contributed by atoms with E-state index in [1.807, 2.05) is 0 Å². The number of hydrogen-bond donors (Lipinski definition) is 6. The minimum atomic E-state index is -2.68. The summed E-state index contributed by atoms with van der Waals surface area (Å²) in [7, 11) is 3.09. The number of phenolic OH excluding ortho intramolecular Hbond substituents is 1. The lowest BCUT2D eigenvalue weighted by Gasteiger charge is -2.50. The molecule has 3 aliphatic rings. The molecule has 0 bridgehead atoms. The Morgan fingerprint density at radius 2 is 1.92 bits per heavy atom. The van der Waals surface area contributed by atoms with Crippen molar-refractivity contribution in [3.8, 4) is 16.9 Å². The lowest BCUT2D eigenvalue weighted by molar-refractivity contribution is -0.153. The maximum Gasteiger partial charge on any atom is 0.255 e. The number of aliphatic hydroxyl groups excluding tert-OH is 2. The number of aromatic hydroxyl groups is 1. The molecule has 3 aliphatic carbocycles. The van der Waals surface area contributed by atoms with Gasteiger partial charge in [-0.05, 0) is 50.6 Å². The van der Waals surface area contributed by atoms with Gasteiger partial charge in [-0.1, -0.05) is 0 Å². The molecule has 1 amide bonds. The first-order valence-corrected chi connectivity index (χ1v) is 11.2. The number of fused-ring (bicyclic) bond motifs is 3. The minimum Gasteiger partial charge on any atom is -0.508 e. The highest BCUT2D eigenvalue weighted by molar-refractivity contribution is 6.24. The smallest absolute Gasteiger partial charge is 0.255 e.